The minimum Gasteiger partial charge on any atom is -0.466 e. The molecule has 11 heteroatoms. The lowest BCUT2D eigenvalue weighted by molar-refractivity contribution is -0.384. The van der Waals surface area contributed by atoms with Crippen molar-refractivity contribution in [2.75, 3.05) is 19.7 Å². The predicted molar refractivity (Wildman–Crippen MR) is 97.9 cm³/mol. The number of nitro benzene ring substituents is 1. The molecule has 0 aromatic heterocycles. The number of non-ortho nitro benzene ring substituents is 1. The van der Waals surface area contributed by atoms with Gasteiger partial charge in [0.2, 0.25) is 5.91 Å². The van der Waals surface area contributed by atoms with Crippen molar-refractivity contribution in [1.29, 1.82) is 0 Å². The molecule has 0 aliphatic carbocycles. The highest BCUT2D eigenvalue weighted by atomic mass is 32.1. The summed E-state index contributed by atoms with van der Waals surface area (Å²) in [6, 6.07) is 4.27. The van der Waals surface area contributed by atoms with E-state index in [4.69, 9.17) is 17.0 Å². The molecular formula is C16H18N4O6S. The number of ether oxygens (including phenoxy) is 1. The Morgan fingerprint density at radius 2 is 2.22 bits per heavy atom. The number of nitrogens with one attached hydrogen (secondary N) is 2. The van der Waals surface area contributed by atoms with Crippen LogP contribution in [0.5, 0.6) is 0 Å². The van der Waals surface area contributed by atoms with Crippen LogP contribution in [0.4, 0.5) is 5.69 Å². The Morgan fingerprint density at radius 1 is 1.48 bits per heavy atom. The minimum atomic E-state index is -0.907. The predicted octanol–water partition coefficient (Wildman–Crippen LogP) is 0.363. The SMILES string of the molecule is CCOC(=O)CC1C(=O)NCCN1C(=S)NC(=O)c1cccc([N+](=O)[O-])c1. The van der Waals surface area contributed by atoms with Crippen LogP contribution >= 0.6 is 12.2 Å². The molecule has 2 amide bonds. The van der Waals surface area contributed by atoms with Crippen LogP contribution in [0.2, 0.25) is 0 Å². The molecule has 1 atom stereocenters. The number of rotatable bonds is 5. The summed E-state index contributed by atoms with van der Waals surface area (Å²) in [7, 11) is 0. The molecule has 0 bridgehead atoms. The third-order valence-electron chi connectivity index (χ3n) is 3.80. The molecule has 27 heavy (non-hydrogen) atoms. The lowest BCUT2D eigenvalue weighted by Crippen LogP contribution is -2.60. The van der Waals surface area contributed by atoms with Gasteiger partial charge in [-0.3, -0.25) is 29.8 Å². The van der Waals surface area contributed by atoms with Crippen LogP contribution in [-0.4, -0.2) is 58.5 Å². The first-order valence-electron chi connectivity index (χ1n) is 8.13. The number of amides is 2. The molecule has 1 unspecified atom stereocenters. The molecule has 1 aliphatic heterocycles. The first-order valence-corrected chi connectivity index (χ1v) is 8.54. The van der Waals surface area contributed by atoms with Crippen molar-refractivity contribution in [1.82, 2.24) is 15.5 Å². The molecule has 10 nitrogen and oxygen atoms in total. The summed E-state index contributed by atoms with van der Waals surface area (Å²) in [5.74, 6) is -1.61. The lowest BCUT2D eigenvalue weighted by Gasteiger charge is -2.36. The molecule has 1 aliphatic rings. The first kappa shape index (κ1) is 20.2. The van der Waals surface area contributed by atoms with E-state index in [1.54, 1.807) is 6.92 Å². The molecule has 1 aromatic rings. The maximum absolute atomic E-state index is 12.3. The van der Waals surface area contributed by atoms with E-state index in [0.717, 1.165) is 6.07 Å². The summed E-state index contributed by atoms with van der Waals surface area (Å²) in [5, 5.41) is 15.9. The molecular weight excluding hydrogens is 376 g/mol. The Labute approximate surface area is 160 Å². The molecule has 0 spiro atoms. The molecule has 0 radical (unpaired) electrons. The lowest BCUT2D eigenvalue weighted by atomic mass is 10.1. The van der Waals surface area contributed by atoms with Gasteiger partial charge in [0.1, 0.15) is 6.04 Å². The summed E-state index contributed by atoms with van der Waals surface area (Å²) in [4.78, 5) is 47.9. The van der Waals surface area contributed by atoms with E-state index in [9.17, 15) is 24.5 Å². The number of hydrogen-bond acceptors (Lipinski definition) is 7. The van der Waals surface area contributed by atoms with Crippen molar-refractivity contribution in [2.45, 2.75) is 19.4 Å². The zero-order chi connectivity index (χ0) is 20.0. The molecule has 1 fully saturated rings. The van der Waals surface area contributed by atoms with E-state index < -0.39 is 28.7 Å². The number of esters is 1. The normalized spacial score (nSPS) is 16.3. The monoisotopic (exact) mass is 394 g/mol. The van der Waals surface area contributed by atoms with Gasteiger partial charge in [-0.05, 0) is 25.2 Å². The smallest absolute Gasteiger partial charge is 0.308 e. The second kappa shape index (κ2) is 9.03. The molecule has 1 heterocycles. The van der Waals surface area contributed by atoms with Gasteiger partial charge in [-0.25, -0.2) is 0 Å². The summed E-state index contributed by atoms with van der Waals surface area (Å²) in [6.45, 7) is 2.43. The number of piperazine rings is 1. The number of nitro groups is 1. The highest BCUT2D eigenvalue weighted by molar-refractivity contribution is 7.80. The highest BCUT2D eigenvalue weighted by Crippen LogP contribution is 2.14. The third-order valence-corrected chi connectivity index (χ3v) is 4.13. The number of thiocarbonyl (C=S) groups is 1. The van der Waals surface area contributed by atoms with E-state index in [-0.39, 0.29) is 29.4 Å². The van der Waals surface area contributed by atoms with Crippen LogP contribution in [0.15, 0.2) is 24.3 Å². The van der Waals surface area contributed by atoms with Gasteiger partial charge in [0.05, 0.1) is 18.0 Å². The molecule has 1 aromatic carbocycles. The van der Waals surface area contributed by atoms with Crippen LogP contribution < -0.4 is 10.6 Å². The summed E-state index contributed by atoms with van der Waals surface area (Å²) >= 11 is 5.21. The molecule has 144 valence electrons. The van der Waals surface area contributed by atoms with Crippen molar-refractivity contribution in [3.05, 3.63) is 39.9 Å². The average molecular weight is 394 g/mol. The van der Waals surface area contributed by atoms with E-state index in [1.807, 2.05) is 0 Å². The quantitative estimate of drug-likeness (QED) is 0.317. The Bertz CT molecular complexity index is 784. The third kappa shape index (κ3) is 5.20. The standard InChI is InChI=1S/C16H18N4O6S/c1-2-26-13(21)9-12-15(23)17-6-7-19(12)16(27)18-14(22)10-4-3-5-11(8-10)20(24)25/h3-5,8,12H,2,6-7,9H2,1H3,(H,17,23)(H,18,22,27). The van der Waals surface area contributed by atoms with Gasteiger partial charge in [-0.2, -0.15) is 0 Å². The Hall–Kier alpha value is -3.08. The fourth-order valence-corrected chi connectivity index (χ4v) is 2.85. The Morgan fingerprint density at radius 3 is 2.89 bits per heavy atom. The molecule has 1 saturated heterocycles. The Balaban J connectivity index is 2.10. The van der Waals surface area contributed by atoms with Crippen molar-refractivity contribution < 1.29 is 24.0 Å². The second-order valence-electron chi connectivity index (χ2n) is 5.58. The number of hydrogen-bond donors (Lipinski definition) is 2. The van der Waals surface area contributed by atoms with Gasteiger partial charge < -0.3 is 15.0 Å². The fraction of sp³-hybridized carbons (Fsp3) is 0.375. The summed E-state index contributed by atoms with van der Waals surface area (Å²) in [5.41, 5.74) is -0.180. The van der Waals surface area contributed by atoms with Gasteiger partial charge >= 0.3 is 5.97 Å². The first-order chi connectivity index (χ1) is 12.8. The number of nitrogens with zero attached hydrogens (tertiary/aromatic N) is 2. The summed E-state index contributed by atoms with van der Waals surface area (Å²) in [6.07, 6.45) is -0.216. The van der Waals surface area contributed by atoms with E-state index in [0.29, 0.717) is 13.1 Å². The largest absolute Gasteiger partial charge is 0.466 e. The number of carbonyl (C=O) groups is 3. The van der Waals surface area contributed by atoms with Crippen LogP contribution in [0, 0.1) is 10.1 Å². The van der Waals surface area contributed by atoms with Crippen LogP contribution in [0.1, 0.15) is 23.7 Å². The van der Waals surface area contributed by atoms with E-state index in [1.165, 1.54) is 23.1 Å². The van der Waals surface area contributed by atoms with Crippen LogP contribution in [0.25, 0.3) is 0 Å². The van der Waals surface area contributed by atoms with Crippen LogP contribution in [0.3, 0.4) is 0 Å². The van der Waals surface area contributed by atoms with Gasteiger partial charge in [0, 0.05) is 30.8 Å². The van der Waals surface area contributed by atoms with Crippen molar-refractivity contribution >= 4 is 40.8 Å². The number of benzene rings is 1. The van der Waals surface area contributed by atoms with Crippen molar-refractivity contribution in [2.24, 2.45) is 0 Å². The summed E-state index contributed by atoms with van der Waals surface area (Å²) < 4.78 is 4.87. The van der Waals surface area contributed by atoms with Crippen molar-refractivity contribution in [3.63, 3.8) is 0 Å². The zero-order valence-electron chi connectivity index (χ0n) is 14.5. The maximum Gasteiger partial charge on any atom is 0.308 e. The molecule has 2 rings (SSSR count). The van der Waals surface area contributed by atoms with Gasteiger partial charge in [-0.1, -0.05) is 6.07 Å². The molecule has 2 N–H and O–H groups in total. The van der Waals surface area contributed by atoms with Gasteiger partial charge in [-0.15, -0.1) is 0 Å². The molecule has 0 saturated carbocycles. The minimum absolute atomic E-state index is 0.0457. The highest BCUT2D eigenvalue weighted by Gasteiger charge is 2.34. The second-order valence-corrected chi connectivity index (χ2v) is 5.96. The van der Waals surface area contributed by atoms with Gasteiger partial charge in [0.15, 0.2) is 5.11 Å². The topological polar surface area (TPSA) is 131 Å². The average Bonchev–Trinajstić information content (AvgIpc) is 2.63. The Kier molecular flexibility index (Phi) is 6.77. The number of carbonyl (C=O) groups excluding carboxylic acids is 3. The van der Waals surface area contributed by atoms with E-state index in [2.05, 4.69) is 10.6 Å². The van der Waals surface area contributed by atoms with Crippen LogP contribution in [-0.2, 0) is 14.3 Å². The van der Waals surface area contributed by atoms with Gasteiger partial charge in [0.25, 0.3) is 11.6 Å². The fourth-order valence-electron chi connectivity index (χ4n) is 2.54. The van der Waals surface area contributed by atoms with Crippen molar-refractivity contribution in [3.8, 4) is 0 Å². The zero-order valence-corrected chi connectivity index (χ0v) is 15.3. The maximum atomic E-state index is 12.3. The van der Waals surface area contributed by atoms with E-state index >= 15 is 0 Å².